The maximum atomic E-state index is 13.1. The second kappa shape index (κ2) is 11.8. The summed E-state index contributed by atoms with van der Waals surface area (Å²) in [6.07, 6.45) is 2.31. The van der Waals surface area contributed by atoms with Crippen molar-refractivity contribution in [1.82, 2.24) is 9.80 Å². The van der Waals surface area contributed by atoms with Crippen LogP contribution in [0.4, 0.5) is 4.79 Å². The van der Waals surface area contributed by atoms with Crippen LogP contribution in [0, 0.1) is 0 Å². The molecular formula is C29H28N2O5S. The van der Waals surface area contributed by atoms with Crippen LogP contribution in [0.15, 0.2) is 77.7 Å². The Morgan fingerprint density at radius 2 is 1.68 bits per heavy atom. The van der Waals surface area contributed by atoms with Gasteiger partial charge >= 0.3 is 0 Å². The molecule has 1 heterocycles. The van der Waals surface area contributed by atoms with E-state index in [2.05, 4.69) is 0 Å². The standard InChI is InChI=1S/C29H28N2O5S/c1-30(15-14-20-12-13-24(35-2)25(17-20)36-3)27(32)23-11-7-10-22(16-23)18-26-28(33)31(29(34)37-26)19-21-8-5-4-6-9-21/h4-13,16-18H,14-15,19H2,1-3H3/b26-18-. The summed E-state index contributed by atoms with van der Waals surface area (Å²) in [5.41, 5.74) is 3.10. The number of benzene rings is 3. The molecule has 0 unspecified atom stereocenters. The van der Waals surface area contributed by atoms with Crippen LogP contribution < -0.4 is 9.47 Å². The zero-order valence-electron chi connectivity index (χ0n) is 21.0. The van der Waals surface area contributed by atoms with E-state index in [4.69, 9.17) is 9.47 Å². The number of hydrogen-bond donors (Lipinski definition) is 0. The first-order chi connectivity index (χ1) is 17.9. The Hall–Kier alpha value is -4.04. The number of likely N-dealkylation sites (N-methyl/N-ethyl adjacent to an activating group) is 1. The summed E-state index contributed by atoms with van der Waals surface area (Å²) in [6.45, 7) is 0.739. The number of amides is 3. The number of nitrogens with zero attached hydrogens (tertiary/aromatic N) is 2. The van der Waals surface area contributed by atoms with Gasteiger partial charge in [-0.05, 0) is 65.2 Å². The van der Waals surface area contributed by atoms with Crippen molar-refractivity contribution in [2.45, 2.75) is 13.0 Å². The molecule has 190 valence electrons. The fourth-order valence-corrected chi connectivity index (χ4v) is 4.81. The van der Waals surface area contributed by atoms with Crippen molar-refractivity contribution in [2.75, 3.05) is 27.8 Å². The number of thioether (sulfide) groups is 1. The minimum absolute atomic E-state index is 0.132. The monoisotopic (exact) mass is 516 g/mol. The zero-order chi connectivity index (χ0) is 26.4. The first-order valence-corrected chi connectivity index (χ1v) is 12.6. The molecule has 0 saturated carbocycles. The molecule has 1 fully saturated rings. The van der Waals surface area contributed by atoms with Gasteiger partial charge in [-0.3, -0.25) is 19.3 Å². The molecule has 37 heavy (non-hydrogen) atoms. The Morgan fingerprint density at radius 3 is 2.41 bits per heavy atom. The first kappa shape index (κ1) is 26.0. The zero-order valence-corrected chi connectivity index (χ0v) is 21.8. The molecule has 8 heteroatoms. The smallest absolute Gasteiger partial charge is 0.293 e. The number of hydrogen-bond acceptors (Lipinski definition) is 6. The van der Waals surface area contributed by atoms with Crippen LogP contribution in [0.1, 0.15) is 27.0 Å². The second-order valence-corrected chi connectivity index (χ2v) is 9.54. The highest BCUT2D eigenvalue weighted by Crippen LogP contribution is 2.33. The summed E-state index contributed by atoms with van der Waals surface area (Å²) in [6, 6.07) is 22.2. The molecule has 1 saturated heterocycles. The van der Waals surface area contributed by atoms with Crippen LogP contribution in [-0.2, 0) is 17.8 Å². The molecule has 0 aromatic heterocycles. The van der Waals surface area contributed by atoms with Crippen LogP contribution >= 0.6 is 11.8 Å². The fourth-order valence-electron chi connectivity index (χ4n) is 3.97. The van der Waals surface area contributed by atoms with E-state index >= 15 is 0 Å². The van der Waals surface area contributed by atoms with Crippen molar-refractivity contribution in [2.24, 2.45) is 0 Å². The van der Waals surface area contributed by atoms with Crippen molar-refractivity contribution in [3.8, 4) is 11.5 Å². The highest BCUT2D eigenvalue weighted by molar-refractivity contribution is 8.18. The molecular weight excluding hydrogens is 488 g/mol. The van der Waals surface area contributed by atoms with E-state index in [1.54, 1.807) is 50.4 Å². The fraction of sp³-hybridized carbons (Fsp3) is 0.207. The Labute approximate surface area is 220 Å². The van der Waals surface area contributed by atoms with Gasteiger partial charge in [-0.1, -0.05) is 48.5 Å². The lowest BCUT2D eigenvalue weighted by Crippen LogP contribution is -2.28. The van der Waals surface area contributed by atoms with Crippen LogP contribution in [0.3, 0.4) is 0 Å². The summed E-state index contributed by atoms with van der Waals surface area (Å²) >= 11 is 0.912. The van der Waals surface area contributed by atoms with Gasteiger partial charge in [0, 0.05) is 19.2 Å². The summed E-state index contributed by atoms with van der Waals surface area (Å²) < 4.78 is 10.6. The number of rotatable bonds is 9. The largest absolute Gasteiger partial charge is 0.493 e. The molecule has 1 aliphatic heterocycles. The van der Waals surface area contributed by atoms with Crippen LogP contribution in [0.5, 0.6) is 11.5 Å². The van der Waals surface area contributed by atoms with Gasteiger partial charge in [-0.25, -0.2) is 0 Å². The molecule has 4 rings (SSSR count). The molecule has 0 radical (unpaired) electrons. The van der Waals surface area contributed by atoms with E-state index in [9.17, 15) is 14.4 Å². The number of carbonyl (C=O) groups is 3. The van der Waals surface area contributed by atoms with Crippen LogP contribution in [0.25, 0.3) is 6.08 Å². The molecule has 0 atom stereocenters. The second-order valence-electron chi connectivity index (χ2n) is 8.54. The lowest BCUT2D eigenvalue weighted by atomic mass is 10.1. The summed E-state index contributed by atoms with van der Waals surface area (Å²) in [7, 11) is 4.94. The topological polar surface area (TPSA) is 76.2 Å². The number of ether oxygens (including phenoxy) is 2. The molecule has 1 aliphatic rings. The Bertz CT molecular complexity index is 1340. The van der Waals surface area contributed by atoms with E-state index < -0.39 is 0 Å². The van der Waals surface area contributed by atoms with Gasteiger partial charge in [0.15, 0.2) is 11.5 Å². The molecule has 0 aliphatic carbocycles. The normalized spacial score (nSPS) is 14.2. The SMILES string of the molecule is COc1ccc(CCN(C)C(=O)c2cccc(/C=C3\SC(=O)N(Cc4ccccc4)C3=O)c2)cc1OC. The maximum absolute atomic E-state index is 13.1. The highest BCUT2D eigenvalue weighted by Gasteiger charge is 2.35. The average molecular weight is 517 g/mol. The lowest BCUT2D eigenvalue weighted by molar-refractivity contribution is -0.123. The van der Waals surface area contributed by atoms with Gasteiger partial charge in [0.1, 0.15) is 0 Å². The van der Waals surface area contributed by atoms with E-state index in [1.807, 2.05) is 54.6 Å². The van der Waals surface area contributed by atoms with Crippen molar-refractivity contribution in [3.63, 3.8) is 0 Å². The maximum Gasteiger partial charge on any atom is 0.293 e. The van der Waals surface area contributed by atoms with Crippen molar-refractivity contribution < 1.29 is 23.9 Å². The van der Waals surface area contributed by atoms with Gasteiger partial charge in [-0.2, -0.15) is 0 Å². The van der Waals surface area contributed by atoms with Crippen LogP contribution in [0.2, 0.25) is 0 Å². The predicted octanol–water partition coefficient (Wildman–Crippen LogP) is 5.26. The van der Waals surface area contributed by atoms with Crippen molar-refractivity contribution in [3.05, 3.63) is 100.0 Å². The Kier molecular flexibility index (Phi) is 8.30. The van der Waals surface area contributed by atoms with Gasteiger partial charge in [0.05, 0.1) is 25.7 Å². The third-order valence-electron chi connectivity index (χ3n) is 6.02. The van der Waals surface area contributed by atoms with Gasteiger partial charge in [0.2, 0.25) is 0 Å². The first-order valence-electron chi connectivity index (χ1n) is 11.8. The third kappa shape index (κ3) is 6.21. The van der Waals surface area contributed by atoms with Crippen molar-refractivity contribution in [1.29, 1.82) is 0 Å². The molecule has 3 amide bonds. The molecule has 3 aromatic carbocycles. The molecule has 0 N–H and O–H groups in total. The summed E-state index contributed by atoms with van der Waals surface area (Å²) in [4.78, 5) is 41.7. The minimum atomic E-state index is -0.331. The van der Waals surface area contributed by atoms with E-state index in [0.717, 1.165) is 22.9 Å². The summed E-state index contributed by atoms with van der Waals surface area (Å²) in [5, 5.41) is -0.303. The molecule has 0 spiro atoms. The average Bonchev–Trinajstić information content (AvgIpc) is 3.18. The van der Waals surface area contributed by atoms with Gasteiger partial charge < -0.3 is 14.4 Å². The highest BCUT2D eigenvalue weighted by atomic mass is 32.2. The molecule has 7 nitrogen and oxygen atoms in total. The minimum Gasteiger partial charge on any atom is -0.493 e. The number of methoxy groups -OCH3 is 2. The Balaban J connectivity index is 1.42. The number of carbonyl (C=O) groups excluding carboxylic acids is 3. The van der Waals surface area contributed by atoms with Crippen LogP contribution in [-0.4, -0.2) is 54.7 Å². The van der Waals surface area contributed by atoms with E-state index in [-0.39, 0.29) is 23.6 Å². The predicted molar refractivity (Wildman–Crippen MR) is 145 cm³/mol. The molecule has 0 bridgehead atoms. The van der Waals surface area contributed by atoms with Gasteiger partial charge in [0.25, 0.3) is 17.1 Å². The Morgan fingerprint density at radius 1 is 0.919 bits per heavy atom. The van der Waals surface area contributed by atoms with Gasteiger partial charge in [-0.15, -0.1) is 0 Å². The quantitative estimate of drug-likeness (QED) is 0.362. The molecule has 3 aromatic rings. The lowest BCUT2D eigenvalue weighted by Gasteiger charge is -2.18. The van der Waals surface area contributed by atoms with E-state index in [0.29, 0.717) is 40.5 Å². The summed E-state index contributed by atoms with van der Waals surface area (Å²) in [5.74, 6) is 0.843. The number of imide groups is 1. The third-order valence-corrected chi connectivity index (χ3v) is 6.93. The van der Waals surface area contributed by atoms with Crippen molar-refractivity contribution >= 4 is 34.9 Å². The van der Waals surface area contributed by atoms with E-state index in [1.165, 1.54) is 4.90 Å².